The first-order valence-corrected chi connectivity index (χ1v) is 9.12. The van der Waals surface area contributed by atoms with E-state index in [4.69, 9.17) is 0 Å². The van der Waals surface area contributed by atoms with Gasteiger partial charge in [0.25, 0.3) is 5.91 Å². The molecular weight excluding hydrogens is 291 g/mol. The monoisotopic (exact) mass is 310 g/mol. The van der Waals surface area contributed by atoms with Crippen LogP contribution in [0.4, 0.5) is 4.39 Å². The molecule has 5 aliphatic rings. The molecule has 4 heteroatoms. The number of pyridine rings is 1. The maximum absolute atomic E-state index is 12.9. The number of hydrogen-bond acceptors (Lipinski definition) is 2. The zero-order chi connectivity index (χ0) is 15.1. The van der Waals surface area contributed by atoms with Gasteiger partial charge in [-0.2, -0.15) is 4.39 Å². The van der Waals surface area contributed by atoms with Gasteiger partial charge in [0, 0.05) is 12.7 Å². The van der Waals surface area contributed by atoms with E-state index in [-0.39, 0.29) is 5.91 Å². The van der Waals surface area contributed by atoms with E-state index >= 15 is 0 Å². The molecule has 1 aromatic heterocycles. The van der Waals surface area contributed by atoms with Gasteiger partial charge in [0.15, 0.2) is 0 Å². The van der Waals surface area contributed by atoms with E-state index in [0.717, 1.165) is 59.8 Å². The average molecular weight is 310 g/mol. The molecule has 1 aromatic rings. The van der Waals surface area contributed by atoms with Crippen LogP contribution >= 0.6 is 0 Å². The van der Waals surface area contributed by atoms with Gasteiger partial charge in [0.2, 0.25) is 5.95 Å². The van der Waals surface area contributed by atoms with Gasteiger partial charge < -0.3 is 5.32 Å². The molecule has 10 atom stereocenters. The summed E-state index contributed by atoms with van der Waals surface area (Å²) in [6.07, 6.45) is 4.34. The summed E-state index contributed by atoms with van der Waals surface area (Å²) in [5.41, 5.74) is 1.12. The van der Waals surface area contributed by atoms with Gasteiger partial charge in [0.1, 0.15) is 0 Å². The Morgan fingerprint density at radius 1 is 1.22 bits per heavy atom. The molecular formula is C19H19FN2O. The SMILES string of the molecule is O=C(NCC1C2C3CC4C5CC6C(C53)C16C42)c1ccc(F)nc1. The first-order valence-electron chi connectivity index (χ1n) is 9.12. The van der Waals surface area contributed by atoms with Crippen LogP contribution in [0.15, 0.2) is 18.3 Å². The highest BCUT2D eigenvalue weighted by molar-refractivity contribution is 5.93. The first-order chi connectivity index (χ1) is 11.2. The summed E-state index contributed by atoms with van der Waals surface area (Å²) < 4.78 is 12.9. The van der Waals surface area contributed by atoms with Crippen molar-refractivity contribution in [2.24, 2.45) is 58.7 Å². The number of nitrogens with one attached hydrogen (secondary N) is 1. The predicted octanol–water partition coefficient (Wildman–Crippen LogP) is 2.34. The minimum atomic E-state index is -0.537. The molecule has 2 bridgehead atoms. The third-order valence-electron chi connectivity index (χ3n) is 9.09. The zero-order valence-corrected chi connectivity index (χ0v) is 12.8. The lowest BCUT2D eigenvalue weighted by Crippen LogP contribution is -2.65. The van der Waals surface area contributed by atoms with Gasteiger partial charge in [-0.15, -0.1) is 0 Å². The van der Waals surface area contributed by atoms with Crippen molar-refractivity contribution in [2.45, 2.75) is 12.8 Å². The van der Waals surface area contributed by atoms with E-state index < -0.39 is 5.95 Å². The van der Waals surface area contributed by atoms with Crippen LogP contribution in [0.2, 0.25) is 0 Å². The Labute approximate surface area is 134 Å². The number of amides is 1. The molecule has 0 radical (unpaired) electrons. The van der Waals surface area contributed by atoms with E-state index in [1.165, 1.54) is 31.2 Å². The molecule has 1 heterocycles. The van der Waals surface area contributed by atoms with E-state index in [1.807, 2.05) is 0 Å². The highest BCUT2D eigenvalue weighted by Gasteiger charge is 2.95. The Bertz CT molecular complexity index is 761. The second kappa shape index (κ2) is 3.33. The molecule has 1 spiro atoms. The van der Waals surface area contributed by atoms with Crippen LogP contribution in [0, 0.1) is 64.6 Å². The van der Waals surface area contributed by atoms with Crippen molar-refractivity contribution in [2.75, 3.05) is 6.54 Å². The maximum atomic E-state index is 12.9. The number of carbonyl (C=O) groups excluding carboxylic acids is 1. The molecule has 0 saturated heterocycles. The maximum Gasteiger partial charge on any atom is 0.252 e. The second-order valence-corrected chi connectivity index (χ2v) is 8.96. The van der Waals surface area contributed by atoms with E-state index in [1.54, 1.807) is 0 Å². The summed E-state index contributed by atoms with van der Waals surface area (Å²) in [6.45, 7) is 0.824. The Balaban J connectivity index is 1.14. The Kier molecular flexibility index (Phi) is 1.74. The Morgan fingerprint density at radius 3 is 2.96 bits per heavy atom. The molecule has 5 fully saturated rings. The van der Waals surface area contributed by atoms with Crippen molar-refractivity contribution in [1.82, 2.24) is 10.3 Å². The predicted molar refractivity (Wildman–Crippen MR) is 79.6 cm³/mol. The molecule has 5 aliphatic carbocycles. The Morgan fingerprint density at radius 2 is 2.13 bits per heavy atom. The number of aromatic nitrogens is 1. The molecule has 23 heavy (non-hydrogen) atoms. The van der Waals surface area contributed by atoms with Gasteiger partial charge in [0.05, 0.1) is 5.56 Å². The average Bonchev–Trinajstić information content (AvgIpc) is 2.85. The summed E-state index contributed by atoms with van der Waals surface area (Å²) in [7, 11) is 0. The van der Waals surface area contributed by atoms with Crippen LogP contribution < -0.4 is 5.32 Å². The van der Waals surface area contributed by atoms with Crippen molar-refractivity contribution in [3.05, 3.63) is 29.8 Å². The van der Waals surface area contributed by atoms with E-state index in [2.05, 4.69) is 10.3 Å². The first kappa shape index (κ1) is 12.0. The summed E-state index contributed by atoms with van der Waals surface area (Å²) in [6, 6.07) is 2.78. The number of rotatable bonds is 3. The standard InChI is InChI=1S/C19H19FN2O/c20-13-2-1-7(5-21-13)18(23)22-6-12-15-10-3-9-8-4-11-17(14(8)10)19(11,12)16(9)15/h1-2,5,8-12,14-17H,3-4,6H2,(H,22,23). The summed E-state index contributed by atoms with van der Waals surface area (Å²) in [5, 5.41) is 3.14. The highest BCUT2D eigenvalue weighted by Crippen LogP contribution is 2.99. The number of nitrogens with zero attached hydrogens (tertiary/aromatic N) is 1. The van der Waals surface area contributed by atoms with Crippen LogP contribution in [0.5, 0.6) is 0 Å². The minimum Gasteiger partial charge on any atom is -0.352 e. The second-order valence-electron chi connectivity index (χ2n) is 8.96. The smallest absolute Gasteiger partial charge is 0.252 e. The third-order valence-corrected chi connectivity index (χ3v) is 9.09. The number of hydrogen-bond donors (Lipinski definition) is 1. The van der Waals surface area contributed by atoms with Crippen LogP contribution in [-0.4, -0.2) is 17.4 Å². The van der Waals surface area contributed by atoms with Gasteiger partial charge in [-0.05, 0) is 83.7 Å². The van der Waals surface area contributed by atoms with Crippen LogP contribution in [0.1, 0.15) is 23.2 Å². The lowest BCUT2D eigenvalue weighted by molar-refractivity contribution is -0.196. The van der Waals surface area contributed by atoms with Crippen LogP contribution in [0.3, 0.4) is 0 Å². The van der Waals surface area contributed by atoms with Crippen LogP contribution in [-0.2, 0) is 0 Å². The van der Waals surface area contributed by atoms with Gasteiger partial charge in [-0.1, -0.05) is 0 Å². The lowest BCUT2D eigenvalue weighted by Gasteiger charge is -2.66. The molecule has 118 valence electrons. The third kappa shape index (κ3) is 1.01. The fourth-order valence-electron chi connectivity index (χ4n) is 9.11. The van der Waals surface area contributed by atoms with Crippen LogP contribution in [0.25, 0.3) is 0 Å². The fourth-order valence-corrected chi connectivity index (χ4v) is 9.11. The number of halogens is 1. The molecule has 3 nitrogen and oxygen atoms in total. The molecule has 5 saturated carbocycles. The van der Waals surface area contributed by atoms with Gasteiger partial charge in [-0.3, -0.25) is 4.79 Å². The summed E-state index contributed by atoms with van der Waals surface area (Å²) >= 11 is 0. The number of carbonyl (C=O) groups is 1. The molecule has 0 aliphatic heterocycles. The van der Waals surface area contributed by atoms with Gasteiger partial charge >= 0.3 is 0 Å². The normalized spacial score (nSPS) is 57.5. The van der Waals surface area contributed by atoms with Crippen molar-refractivity contribution in [3.8, 4) is 0 Å². The lowest BCUT2D eigenvalue weighted by atomic mass is 9.38. The highest BCUT2D eigenvalue weighted by atomic mass is 19.1. The summed E-state index contributed by atoms with van der Waals surface area (Å²) in [4.78, 5) is 15.9. The van der Waals surface area contributed by atoms with Crippen molar-refractivity contribution >= 4 is 5.91 Å². The zero-order valence-electron chi connectivity index (χ0n) is 12.8. The molecule has 1 amide bonds. The van der Waals surface area contributed by atoms with Gasteiger partial charge in [-0.25, -0.2) is 4.98 Å². The Hall–Kier alpha value is -1.45. The largest absolute Gasteiger partial charge is 0.352 e. The molecule has 1 N–H and O–H groups in total. The van der Waals surface area contributed by atoms with E-state index in [0.29, 0.717) is 11.0 Å². The van der Waals surface area contributed by atoms with E-state index in [9.17, 15) is 9.18 Å². The minimum absolute atomic E-state index is 0.0972. The fraction of sp³-hybridized carbons (Fsp3) is 0.684. The molecule has 6 rings (SSSR count). The molecule has 0 aromatic carbocycles. The van der Waals surface area contributed by atoms with Crippen molar-refractivity contribution in [1.29, 1.82) is 0 Å². The quantitative estimate of drug-likeness (QED) is 0.688. The van der Waals surface area contributed by atoms with Crippen molar-refractivity contribution in [3.63, 3.8) is 0 Å². The van der Waals surface area contributed by atoms with Crippen molar-refractivity contribution < 1.29 is 9.18 Å². The molecule has 10 unspecified atom stereocenters. The number of fused-ring (bicyclic) bond motifs is 13. The summed E-state index contributed by atoms with van der Waals surface area (Å²) in [5.74, 6) is 8.29. The topological polar surface area (TPSA) is 42.0 Å².